The van der Waals surface area contributed by atoms with Gasteiger partial charge in [-0.3, -0.25) is 4.57 Å². The fraction of sp³-hybridized carbons (Fsp3) is 0.417. The first-order chi connectivity index (χ1) is 12.2. The van der Waals surface area contributed by atoms with Crippen LogP contribution < -0.4 is 14.2 Å². The number of ether oxygens (including phenoxy) is 2. The number of sulfonamides is 1. The Morgan fingerprint density at radius 2 is 1.73 bits per heavy atom. The van der Waals surface area contributed by atoms with Crippen LogP contribution in [0.3, 0.4) is 0 Å². The molecule has 0 radical (unpaired) electrons. The molecule has 14 heteroatoms. The maximum absolute atomic E-state index is 12.2. The zero-order valence-corrected chi connectivity index (χ0v) is 17.1. The number of hydrogen-bond acceptors (Lipinski definition) is 7. The monoisotopic (exact) mass is 464 g/mol. The lowest BCUT2D eigenvalue weighted by molar-refractivity contribution is 0.291. The predicted molar refractivity (Wildman–Crippen MR) is 99.3 cm³/mol. The summed E-state index contributed by atoms with van der Waals surface area (Å²) in [6, 6.07) is 3.06. The minimum Gasteiger partial charge on any atom is -0.488 e. The molecule has 0 amide bonds. The zero-order chi connectivity index (χ0) is 19.4. The number of alkyl halides is 2. The topological polar surface area (TPSA) is 135 Å². The largest absolute Gasteiger partial charge is 0.488 e. The molecule has 0 saturated heterocycles. The maximum Gasteiger partial charge on any atom is 0.340 e. The van der Waals surface area contributed by atoms with Gasteiger partial charge in [0.25, 0.3) is 10.0 Å². The summed E-state index contributed by atoms with van der Waals surface area (Å²) < 4.78 is 48.1. The number of halogens is 2. The average Bonchev–Trinajstić information content (AvgIpc) is 2.99. The molecular formula is C12H15Cl2N2O7PS2. The molecule has 9 nitrogen and oxygen atoms in total. The molecule has 1 heterocycles. The Hall–Kier alpha value is -0.650. The van der Waals surface area contributed by atoms with Crippen LogP contribution >= 0.6 is 42.1 Å². The van der Waals surface area contributed by atoms with E-state index in [0.29, 0.717) is 21.7 Å². The highest BCUT2D eigenvalue weighted by molar-refractivity contribution is 7.91. The number of thiazole rings is 1. The molecular weight excluding hydrogens is 450 g/mol. The molecule has 0 bridgehead atoms. The van der Waals surface area contributed by atoms with Gasteiger partial charge in [0.1, 0.15) is 19.5 Å². The van der Waals surface area contributed by atoms with Gasteiger partial charge in [-0.1, -0.05) is 0 Å². The molecule has 0 fully saturated rings. The van der Waals surface area contributed by atoms with Gasteiger partial charge in [0, 0.05) is 12.1 Å². The van der Waals surface area contributed by atoms with Gasteiger partial charge in [0.05, 0.1) is 22.0 Å². The lowest BCUT2D eigenvalue weighted by Gasteiger charge is -2.11. The maximum atomic E-state index is 12.2. The van der Waals surface area contributed by atoms with Crippen molar-refractivity contribution in [1.29, 1.82) is 0 Å². The molecule has 3 N–H and O–H groups in total. The quantitative estimate of drug-likeness (QED) is 0.358. The Morgan fingerprint density at radius 3 is 2.27 bits per heavy atom. The molecule has 26 heavy (non-hydrogen) atoms. The van der Waals surface area contributed by atoms with Crippen LogP contribution in [0.25, 0.3) is 10.2 Å². The highest BCUT2D eigenvalue weighted by Gasteiger charge is 2.24. The molecule has 0 unspecified atom stereocenters. The summed E-state index contributed by atoms with van der Waals surface area (Å²) in [6.07, 6.45) is -1.01. The van der Waals surface area contributed by atoms with Crippen LogP contribution in [0.2, 0.25) is 0 Å². The van der Waals surface area contributed by atoms with Gasteiger partial charge in [0.2, 0.25) is 4.34 Å². The van der Waals surface area contributed by atoms with Gasteiger partial charge >= 0.3 is 7.60 Å². The summed E-state index contributed by atoms with van der Waals surface area (Å²) in [5.41, 5.74) is 0.328. The third-order valence-corrected chi connectivity index (χ3v) is 6.68. The Bertz CT molecular complexity index is 871. The Balaban J connectivity index is 2.38. The summed E-state index contributed by atoms with van der Waals surface area (Å²) in [6.45, 7) is 0.432. The first-order valence-corrected chi connectivity index (χ1v) is 12.2. The highest BCUT2D eigenvalue weighted by atomic mass is 35.5. The molecule has 0 aliphatic rings. The second-order valence-electron chi connectivity index (χ2n) is 4.79. The molecule has 1 aromatic carbocycles. The summed E-state index contributed by atoms with van der Waals surface area (Å²) in [4.78, 5) is 21.6. The number of fused-ring (bicyclic) bond motifs is 1. The lowest BCUT2D eigenvalue weighted by Crippen LogP contribution is -2.24. The first kappa shape index (κ1) is 21.6. The van der Waals surface area contributed by atoms with Crippen molar-refractivity contribution < 1.29 is 32.2 Å². The number of hydrogen-bond donors (Lipinski definition) is 3. The van der Waals surface area contributed by atoms with Crippen molar-refractivity contribution in [3.63, 3.8) is 0 Å². The van der Waals surface area contributed by atoms with E-state index >= 15 is 0 Å². The molecule has 2 aromatic rings. The summed E-state index contributed by atoms with van der Waals surface area (Å²) in [5.74, 6) is 1.19. The minimum atomic E-state index is -4.54. The second kappa shape index (κ2) is 9.03. The van der Waals surface area contributed by atoms with E-state index in [2.05, 4.69) is 4.98 Å². The predicted octanol–water partition coefficient (Wildman–Crippen LogP) is 1.94. The van der Waals surface area contributed by atoms with Crippen LogP contribution in [0.4, 0.5) is 0 Å². The lowest BCUT2D eigenvalue weighted by atomic mass is 10.3. The van der Waals surface area contributed by atoms with Crippen molar-refractivity contribution in [2.45, 2.75) is 4.34 Å². The van der Waals surface area contributed by atoms with Crippen LogP contribution in [0.1, 0.15) is 0 Å². The van der Waals surface area contributed by atoms with Gasteiger partial charge < -0.3 is 19.3 Å². The first-order valence-electron chi connectivity index (χ1n) is 7.02. The van der Waals surface area contributed by atoms with Crippen molar-refractivity contribution in [2.75, 3.05) is 31.3 Å². The van der Waals surface area contributed by atoms with E-state index in [0.717, 1.165) is 11.3 Å². The molecule has 0 aliphatic carbocycles. The molecule has 0 saturated carbocycles. The van der Waals surface area contributed by atoms with E-state index in [1.807, 2.05) is 4.72 Å². The molecule has 0 atom stereocenters. The smallest absolute Gasteiger partial charge is 0.340 e. The molecule has 0 aliphatic heterocycles. The van der Waals surface area contributed by atoms with Crippen LogP contribution in [0, 0.1) is 0 Å². The van der Waals surface area contributed by atoms with Crippen LogP contribution in [0.15, 0.2) is 16.5 Å². The van der Waals surface area contributed by atoms with E-state index in [1.54, 1.807) is 6.07 Å². The van der Waals surface area contributed by atoms with Crippen LogP contribution in [0.5, 0.6) is 11.5 Å². The Kier molecular flexibility index (Phi) is 7.52. The van der Waals surface area contributed by atoms with Crippen molar-refractivity contribution in [1.82, 2.24) is 9.71 Å². The van der Waals surface area contributed by atoms with Gasteiger partial charge in [-0.25, -0.2) is 13.4 Å². The van der Waals surface area contributed by atoms with E-state index in [4.69, 9.17) is 42.5 Å². The fourth-order valence-electron chi connectivity index (χ4n) is 1.78. The minimum absolute atomic E-state index is 0.212. The number of rotatable bonds is 10. The summed E-state index contributed by atoms with van der Waals surface area (Å²) in [5, 5.41) is 0. The Morgan fingerprint density at radius 1 is 1.15 bits per heavy atom. The standard InChI is InChI=1S/C12H15Cl2N2O7PS2/c13-1-3-22-9-5-8-11(6-10(9)23-4-2-14)25-12(16-8)26(20,21)15-7-24(17,18)19/h5-6,15H,1-4,7H2,(H2,17,18,19). The second-order valence-corrected chi connectivity index (χ2v) is 10.2. The van der Waals surface area contributed by atoms with E-state index < -0.39 is 23.9 Å². The number of nitrogens with zero attached hydrogens (tertiary/aromatic N) is 1. The van der Waals surface area contributed by atoms with Crippen molar-refractivity contribution in [3.8, 4) is 11.5 Å². The number of benzene rings is 1. The normalized spacial score (nSPS) is 12.5. The zero-order valence-electron chi connectivity index (χ0n) is 13.1. The SMILES string of the molecule is O=P(O)(O)CNS(=O)(=O)c1nc2cc(OCCCl)c(OCCCl)cc2s1. The van der Waals surface area contributed by atoms with Crippen LogP contribution in [-0.4, -0.2) is 54.4 Å². The van der Waals surface area contributed by atoms with Gasteiger partial charge in [-0.15, -0.1) is 34.5 Å². The summed E-state index contributed by atoms with van der Waals surface area (Å²) in [7, 11) is -8.71. The fourth-order valence-corrected chi connectivity index (χ4v) is 5.22. The highest BCUT2D eigenvalue weighted by Crippen LogP contribution is 2.37. The molecule has 1 aromatic heterocycles. The van der Waals surface area contributed by atoms with E-state index in [1.165, 1.54) is 6.07 Å². The van der Waals surface area contributed by atoms with E-state index in [-0.39, 0.29) is 29.3 Å². The van der Waals surface area contributed by atoms with Crippen LogP contribution in [-0.2, 0) is 14.6 Å². The third kappa shape index (κ3) is 5.93. The molecule has 146 valence electrons. The van der Waals surface area contributed by atoms with Gasteiger partial charge in [-0.2, -0.15) is 4.72 Å². The average molecular weight is 465 g/mol. The van der Waals surface area contributed by atoms with Gasteiger partial charge in [0.15, 0.2) is 11.5 Å². The number of nitrogens with one attached hydrogen (secondary N) is 1. The summed E-state index contributed by atoms with van der Waals surface area (Å²) >= 11 is 12.0. The Labute approximate surface area is 163 Å². The molecule has 2 rings (SSSR count). The third-order valence-electron chi connectivity index (χ3n) is 2.79. The van der Waals surface area contributed by atoms with Crippen molar-refractivity contribution in [2.24, 2.45) is 0 Å². The van der Waals surface area contributed by atoms with Crippen molar-refractivity contribution >= 4 is 62.4 Å². The number of aromatic nitrogens is 1. The van der Waals surface area contributed by atoms with Gasteiger partial charge in [-0.05, 0) is 0 Å². The van der Waals surface area contributed by atoms with E-state index in [9.17, 15) is 13.0 Å². The van der Waals surface area contributed by atoms with Crippen molar-refractivity contribution in [3.05, 3.63) is 12.1 Å². The molecule has 0 spiro atoms.